The number of amides is 1. The molecule has 1 aliphatic heterocycles. The third-order valence-electron chi connectivity index (χ3n) is 2.17. The molecule has 1 aromatic rings. The van der Waals surface area contributed by atoms with Crippen LogP contribution in [0.15, 0.2) is 23.2 Å². The monoisotopic (exact) mass is 210 g/mol. The number of aliphatic imine (C=N–C) groups is 1. The van der Waals surface area contributed by atoms with Crippen LogP contribution in [-0.2, 0) is 6.42 Å². The smallest absolute Gasteiger partial charge is 0.277 e. The van der Waals surface area contributed by atoms with Gasteiger partial charge in [-0.25, -0.2) is 4.99 Å². The maximum Gasteiger partial charge on any atom is 0.277 e. The maximum atomic E-state index is 11.4. The Morgan fingerprint density at radius 1 is 1.43 bits per heavy atom. The molecule has 0 saturated carbocycles. The molecule has 1 aliphatic rings. The number of carbonyl (C=O) groups is 1. The normalized spacial score (nSPS) is 14.1. The second kappa shape index (κ2) is 3.80. The number of nitrogen functional groups attached to an aromatic ring is 1. The second-order valence-corrected chi connectivity index (χ2v) is 3.20. The number of fused-ring (bicyclic) bond motifs is 1. The zero-order valence-electron chi connectivity index (χ0n) is 7.78. The molecule has 74 valence electrons. The summed E-state index contributed by atoms with van der Waals surface area (Å²) in [6, 6.07) is 5.36. The molecule has 0 spiro atoms. The Labute approximate surface area is 88.4 Å². The van der Waals surface area contributed by atoms with Crippen LogP contribution in [0.3, 0.4) is 0 Å². The van der Waals surface area contributed by atoms with Gasteiger partial charge in [-0.05, 0) is 24.6 Å². The molecule has 3 nitrogen and oxygen atoms in total. The van der Waals surface area contributed by atoms with Gasteiger partial charge in [0.25, 0.3) is 5.91 Å². The quantitative estimate of drug-likeness (QED) is 0.665. The van der Waals surface area contributed by atoms with Gasteiger partial charge in [-0.3, -0.25) is 4.79 Å². The lowest BCUT2D eigenvalue weighted by molar-refractivity contribution is 0.1000. The van der Waals surface area contributed by atoms with E-state index in [2.05, 4.69) is 4.99 Å². The van der Waals surface area contributed by atoms with E-state index in [1.807, 2.05) is 13.0 Å². The van der Waals surface area contributed by atoms with Crippen molar-refractivity contribution in [3.05, 3.63) is 29.3 Å². The highest BCUT2D eigenvalue weighted by atomic mass is 35.5. The third-order valence-corrected chi connectivity index (χ3v) is 2.17. The molecule has 0 aliphatic carbocycles. The van der Waals surface area contributed by atoms with Gasteiger partial charge in [0.1, 0.15) is 0 Å². The fourth-order valence-electron chi connectivity index (χ4n) is 1.53. The molecule has 4 heteroatoms. The first-order chi connectivity index (χ1) is 6.18. The van der Waals surface area contributed by atoms with E-state index in [4.69, 9.17) is 5.73 Å². The van der Waals surface area contributed by atoms with Gasteiger partial charge in [-0.1, -0.05) is 6.07 Å². The van der Waals surface area contributed by atoms with E-state index in [0.717, 1.165) is 11.3 Å². The molecular formula is C10H11ClN2O. The molecule has 0 saturated heterocycles. The van der Waals surface area contributed by atoms with E-state index >= 15 is 0 Å². The molecule has 0 radical (unpaired) electrons. The fraction of sp³-hybridized carbons (Fsp3) is 0.200. The van der Waals surface area contributed by atoms with E-state index in [9.17, 15) is 4.79 Å². The molecule has 2 N–H and O–H groups in total. The number of nitrogens with two attached hydrogens (primary N) is 1. The lowest BCUT2D eigenvalue weighted by Crippen LogP contribution is -2.15. The standard InChI is InChI=1S/C10H10N2O.ClH/c1-6-5-8-7(10(13)12-6)3-2-4-9(8)11;/h2-4H,5,11H2,1H3;1H. The number of halogens is 1. The number of hydrogen-bond acceptors (Lipinski definition) is 2. The maximum absolute atomic E-state index is 11.4. The molecule has 0 atom stereocenters. The van der Waals surface area contributed by atoms with Crippen molar-refractivity contribution in [1.29, 1.82) is 0 Å². The van der Waals surface area contributed by atoms with Crippen LogP contribution in [0.25, 0.3) is 0 Å². The van der Waals surface area contributed by atoms with Crippen LogP contribution >= 0.6 is 12.4 Å². The summed E-state index contributed by atoms with van der Waals surface area (Å²) in [4.78, 5) is 15.3. The van der Waals surface area contributed by atoms with Gasteiger partial charge in [0.15, 0.2) is 0 Å². The first-order valence-electron chi connectivity index (χ1n) is 4.14. The minimum absolute atomic E-state index is 0. The molecule has 0 aromatic heterocycles. The van der Waals surface area contributed by atoms with Gasteiger partial charge in [0, 0.05) is 23.4 Å². The Morgan fingerprint density at radius 3 is 2.86 bits per heavy atom. The number of benzene rings is 1. The van der Waals surface area contributed by atoms with Crippen molar-refractivity contribution in [2.24, 2.45) is 4.99 Å². The summed E-state index contributed by atoms with van der Waals surface area (Å²) in [6.45, 7) is 1.84. The van der Waals surface area contributed by atoms with E-state index in [0.29, 0.717) is 17.7 Å². The zero-order valence-corrected chi connectivity index (χ0v) is 8.60. The number of nitrogens with zero attached hydrogens (tertiary/aromatic N) is 1. The molecule has 2 rings (SSSR count). The van der Waals surface area contributed by atoms with Crippen LogP contribution in [0, 0.1) is 0 Å². The van der Waals surface area contributed by atoms with Crippen molar-refractivity contribution in [2.45, 2.75) is 13.3 Å². The molecule has 1 heterocycles. The highest BCUT2D eigenvalue weighted by Gasteiger charge is 2.18. The van der Waals surface area contributed by atoms with Gasteiger partial charge in [-0.15, -0.1) is 12.4 Å². The average molecular weight is 211 g/mol. The highest BCUT2D eigenvalue weighted by molar-refractivity contribution is 6.09. The predicted molar refractivity (Wildman–Crippen MR) is 59.2 cm³/mol. The molecule has 1 aromatic carbocycles. The van der Waals surface area contributed by atoms with Crippen LogP contribution in [0.1, 0.15) is 22.8 Å². The lowest BCUT2D eigenvalue weighted by Gasteiger charge is -2.14. The molecular weight excluding hydrogens is 200 g/mol. The lowest BCUT2D eigenvalue weighted by atomic mass is 9.97. The second-order valence-electron chi connectivity index (χ2n) is 3.20. The van der Waals surface area contributed by atoms with E-state index < -0.39 is 0 Å². The summed E-state index contributed by atoms with van der Waals surface area (Å²) in [5.41, 5.74) is 8.83. The van der Waals surface area contributed by atoms with Gasteiger partial charge in [-0.2, -0.15) is 0 Å². The molecule has 1 amide bonds. The predicted octanol–water partition coefficient (Wildman–Crippen LogP) is 1.85. The van der Waals surface area contributed by atoms with E-state index in [-0.39, 0.29) is 18.3 Å². The Bertz CT molecular complexity index is 413. The van der Waals surface area contributed by atoms with Crippen LogP contribution < -0.4 is 5.73 Å². The SMILES string of the molecule is CC1=NC(=O)c2cccc(N)c2C1.Cl. The van der Waals surface area contributed by atoms with Gasteiger partial charge in [0.2, 0.25) is 0 Å². The minimum atomic E-state index is -0.175. The molecule has 14 heavy (non-hydrogen) atoms. The van der Waals surface area contributed by atoms with Gasteiger partial charge >= 0.3 is 0 Å². The first kappa shape index (κ1) is 10.7. The van der Waals surface area contributed by atoms with E-state index in [1.54, 1.807) is 12.1 Å². The van der Waals surface area contributed by atoms with Crippen molar-refractivity contribution in [1.82, 2.24) is 0 Å². The van der Waals surface area contributed by atoms with Crippen LogP contribution in [0.5, 0.6) is 0 Å². The average Bonchev–Trinajstić information content (AvgIpc) is 2.07. The fourth-order valence-corrected chi connectivity index (χ4v) is 1.53. The van der Waals surface area contributed by atoms with Crippen molar-refractivity contribution in [3.63, 3.8) is 0 Å². The minimum Gasteiger partial charge on any atom is -0.398 e. The summed E-state index contributed by atoms with van der Waals surface area (Å²) < 4.78 is 0. The largest absolute Gasteiger partial charge is 0.398 e. The summed E-state index contributed by atoms with van der Waals surface area (Å²) in [6.07, 6.45) is 0.688. The van der Waals surface area contributed by atoms with Crippen LogP contribution in [0.2, 0.25) is 0 Å². The highest BCUT2D eigenvalue weighted by Crippen LogP contribution is 2.22. The van der Waals surface area contributed by atoms with Crippen molar-refractivity contribution < 1.29 is 4.79 Å². The van der Waals surface area contributed by atoms with Gasteiger partial charge in [0.05, 0.1) is 0 Å². The summed E-state index contributed by atoms with van der Waals surface area (Å²) in [5.74, 6) is -0.175. The Hall–Kier alpha value is -1.35. The third kappa shape index (κ3) is 1.63. The number of hydrogen-bond donors (Lipinski definition) is 1. The Morgan fingerprint density at radius 2 is 2.14 bits per heavy atom. The number of rotatable bonds is 0. The number of anilines is 1. The molecule has 0 unspecified atom stereocenters. The zero-order chi connectivity index (χ0) is 9.42. The van der Waals surface area contributed by atoms with Crippen LogP contribution in [0.4, 0.5) is 5.69 Å². The van der Waals surface area contributed by atoms with Gasteiger partial charge < -0.3 is 5.73 Å². The van der Waals surface area contributed by atoms with Crippen molar-refractivity contribution in [3.8, 4) is 0 Å². The van der Waals surface area contributed by atoms with Crippen molar-refractivity contribution in [2.75, 3.05) is 5.73 Å². The van der Waals surface area contributed by atoms with Crippen LogP contribution in [-0.4, -0.2) is 11.6 Å². The summed E-state index contributed by atoms with van der Waals surface area (Å²) in [7, 11) is 0. The van der Waals surface area contributed by atoms with E-state index in [1.165, 1.54) is 0 Å². The first-order valence-corrected chi connectivity index (χ1v) is 4.14. The molecule has 0 bridgehead atoms. The summed E-state index contributed by atoms with van der Waals surface area (Å²) >= 11 is 0. The Balaban J connectivity index is 0.000000980. The summed E-state index contributed by atoms with van der Waals surface area (Å²) in [5, 5.41) is 0. The molecule has 0 fully saturated rings. The topological polar surface area (TPSA) is 55.5 Å². The number of carbonyl (C=O) groups excluding carboxylic acids is 1. The Kier molecular flexibility index (Phi) is 2.91. The van der Waals surface area contributed by atoms with Crippen molar-refractivity contribution >= 4 is 29.7 Å².